The number of nitrogens with zero attached hydrogens (tertiary/aromatic N) is 3. The third kappa shape index (κ3) is 4.35. The van der Waals surface area contributed by atoms with Crippen LogP contribution in [0.4, 0.5) is 11.6 Å². The largest absolute Gasteiger partial charge is 0.370 e. The van der Waals surface area contributed by atoms with Crippen molar-refractivity contribution in [2.24, 2.45) is 5.73 Å². The highest BCUT2D eigenvalue weighted by molar-refractivity contribution is 5.49. The maximum atomic E-state index is 5.51. The van der Waals surface area contributed by atoms with Crippen molar-refractivity contribution in [1.29, 1.82) is 0 Å². The van der Waals surface area contributed by atoms with E-state index in [1.54, 1.807) is 0 Å². The monoisotopic (exact) mass is 263 g/mol. The van der Waals surface area contributed by atoms with Gasteiger partial charge >= 0.3 is 0 Å². The zero-order chi connectivity index (χ0) is 13.5. The van der Waals surface area contributed by atoms with E-state index in [9.17, 15) is 0 Å². The first-order chi connectivity index (χ1) is 9.29. The minimum absolute atomic E-state index is 0.704. The van der Waals surface area contributed by atoms with Crippen LogP contribution in [0.3, 0.4) is 0 Å². The molecular weight excluding hydrogens is 238 g/mol. The minimum Gasteiger partial charge on any atom is -0.370 e. The topological polar surface area (TPSA) is 67.1 Å². The highest BCUT2D eigenvalue weighted by atomic mass is 15.2. The van der Waals surface area contributed by atoms with Crippen LogP contribution in [0.25, 0.3) is 0 Å². The second kappa shape index (κ2) is 7.28. The second-order valence-corrected chi connectivity index (χ2v) is 5.13. The summed E-state index contributed by atoms with van der Waals surface area (Å²) in [7, 11) is 0. The third-order valence-corrected chi connectivity index (χ3v) is 3.44. The summed E-state index contributed by atoms with van der Waals surface area (Å²) in [5, 5.41) is 3.32. The van der Waals surface area contributed by atoms with Crippen molar-refractivity contribution in [2.75, 3.05) is 36.4 Å². The standard InChI is InChI=1S/C14H25N5/c1-12-17-13(16-8-6-7-15)11-14(18-12)19-9-4-2-3-5-10-19/h11H,2-10,15H2,1H3,(H,16,17,18). The zero-order valence-corrected chi connectivity index (χ0v) is 11.9. The smallest absolute Gasteiger partial charge is 0.134 e. The fourth-order valence-corrected chi connectivity index (χ4v) is 2.42. The summed E-state index contributed by atoms with van der Waals surface area (Å²) >= 11 is 0. The highest BCUT2D eigenvalue weighted by Crippen LogP contribution is 2.20. The van der Waals surface area contributed by atoms with Gasteiger partial charge in [0.15, 0.2) is 0 Å². The molecule has 1 aliphatic rings. The molecule has 1 aromatic rings. The molecule has 0 bridgehead atoms. The molecule has 0 amide bonds. The SMILES string of the molecule is Cc1nc(NCCCN)cc(N2CCCCCC2)n1. The van der Waals surface area contributed by atoms with Gasteiger partial charge < -0.3 is 16.0 Å². The summed E-state index contributed by atoms with van der Waals surface area (Å²) in [6.07, 6.45) is 6.16. The summed E-state index contributed by atoms with van der Waals surface area (Å²) in [5.74, 6) is 2.81. The molecule has 0 aromatic carbocycles. The number of aryl methyl sites for hydroxylation is 1. The van der Waals surface area contributed by atoms with Crippen molar-refractivity contribution < 1.29 is 0 Å². The lowest BCUT2D eigenvalue weighted by Gasteiger charge is -2.22. The van der Waals surface area contributed by atoms with Gasteiger partial charge in [0.2, 0.25) is 0 Å². The lowest BCUT2D eigenvalue weighted by atomic mass is 10.2. The molecule has 3 N–H and O–H groups in total. The van der Waals surface area contributed by atoms with E-state index >= 15 is 0 Å². The molecule has 1 fully saturated rings. The molecule has 0 radical (unpaired) electrons. The number of hydrogen-bond donors (Lipinski definition) is 2. The zero-order valence-electron chi connectivity index (χ0n) is 11.9. The normalized spacial score (nSPS) is 16.2. The van der Waals surface area contributed by atoms with Gasteiger partial charge in [0.05, 0.1) is 0 Å². The molecule has 0 unspecified atom stereocenters. The highest BCUT2D eigenvalue weighted by Gasteiger charge is 2.12. The van der Waals surface area contributed by atoms with Crippen LogP contribution in [0.15, 0.2) is 6.07 Å². The van der Waals surface area contributed by atoms with Crippen LogP contribution in [0.2, 0.25) is 0 Å². The van der Waals surface area contributed by atoms with E-state index in [0.29, 0.717) is 6.54 Å². The predicted molar refractivity (Wildman–Crippen MR) is 79.6 cm³/mol. The fraction of sp³-hybridized carbons (Fsp3) is 0.714. The molecule has 106 valence electrons. The Bertz CT molecular complexity index is 385. The summed E-state index contributed by atoms with van der Waals surface area (Å²) in [4.78, 5) is 11.4. The Balaban J connectivity index is 2.06. The summed E-state index contributed by atoms with van der Waals surface area (Å²) in [5.41, 5.74) is 5.51. The van der Waals surface area contributed by atoms with Gasteiger partial charge in [0, 0.05) is 25.7 Å². The van der Waals surface area contributed by atoms with E-state index in [2.05, 4.69) is 26.3 Å². The number of nitrogens with one attached hydrogen (secondary N) is 1. The van der Waals surface area contributed by atoms with Crippen LogP contribution in [0, 0.1) is 6.92 Å². The average Bonchev–Trinajstić information content (AvgIpc) is 2.67. The molecule has 1 aliphatic heterocycles. The van der Waals surface area contributed by atoms with Crippen LogP contribution in [-0.2, 0) is 0 Å². The van der Waals surface area contributed by atoms with Crippen molar-refractivity contribution >= 4 is 11.6 Å². The van der Waals surface area contributed by atoms with Crippen LogP contribution < -0.4 is 16.0 Å². The van der Waals surface area contributed by atoms with Gasteiger partial charge in [-0.1, -0.05) is 12.8 Å². The van der Waals surface area contributed by atoms with E-state index in [4.69, 9.17) is 5.73 Å². The fourth-order valence-electron chi connectivity index (χ4n) is 2.42. The number of hydrogen-bond acceptors (Lipinski definition) is 5. The molecule has 19 heavy (non-hydrogen) atoms. The first-order valence-electron chi connectivity index (χ1n) is 7.34. The Morgan fingerprint density at radius 3 is 2.63 bits per heavy atom. The molecule has 5 nitrogen and oxygen atoms in total. The van der Waals surface area contributed by atoms with E-state index in [-0.39, 0.29) is 0 Å². The van der Waals surface area contributed by atoms with Gasteiger partial charge in [0.1, 0.15) is 17.5 Å². The Morgan fingerprint density at radius 1 is 1.21 bits per heavy atom. The van der Waals surface area contributed by atoms with Crippen molar-refractivity contribution in [3.8, 4) is 0 Å². The van der Waals surface area contributed by atoms with Crippen LogP contribution >= 0.6 is 0 Å². The van der Waals surface area contributed by atoms with Crippen LogP contribution in [0.5, 0.6) is 0 Å². The predicted octanol–water partition coefficient (Wildman–Crippen LogP) is 1.93. The van der Waals surface area contributed by atoms with Gasteiger partial charge in [-0.05, 0) is 32.7 Å². The second-order valence-electron chi connectivity index (χ2n) is 5.13. The summed E-state index contributed by atoms with van der Waals surface area (Å²) in [6.45, 7) is 5.75. The van der Waals surface area contributed by atoms with Crippen molar-refractivity contribution in [1.82, 2.24) is 9.97 Å². The molecule has 0 saturated carbocycles. The van der Waals surface area contributed by atoms with Crippen molar-refractivity contribution in [3.05, 3.63) is 11.9 Å². The number of anilines is 2. The van der Waals surface area contributed by atoms with Gasteiger partial charge in [-0.2, -0.15) is 0 Å². The first kappa shape index (κ1) is 14.1. The minimum atomic E-state index is 0.704. The van der Waals surface area contributed by atoms with Crippen LogP contribution in [-0.4, -0.2) is 36.1 Å². The number of rotatable bonds is 5. The molecule has 0 atom stereocenters. The maximum Gasteiger partial charge on any atom is 0.134 e. The third-order valence-electron chi connectivity index (χ3n) is 3.44. The Labute approximate surface area is 115 Å². The molecule has 1 saturated heterocycles. The van der Waals surface area contributed by atoms with Gasteiger partial charge in [-0.3, -0.25) is 0 Å². The number of nitrogens with two attached hydrogens (primary N) is 1. The summed E-state index contributed by atoms with van der Waals surface area (Å²) in [6, 6.07) is 2.06. The molecule has 0 aliphatic carbocycles. The van der Waals surface area contributed by atoms with E-state index in [0.717, 1.165) is 43.5 Å². The molecule has 2 rings (SSSR count). The van der Waals surface area contributed by atoms with Crippen LogP contribution in [0.1, 0.15) is 37.9 Å². The summed E-state index contributed by atoms with van der Waals surface area (Å²) < 4.78 is 0. The Hall–Kier alpha value is -1.36. The van der Waals surface area contributed by atoms with E-state index in [1.165, 1.54) is 25.7 Å². The van der Waals surface area contributed by atoms with Gasteiger partial charge in [-0.25, -0.2) is 9.97 Å². The molecule has 5 heteroatoms. The van der Waals surface area contributed by atoms with E-state index < -0.39 is 0 Å². The first-order valence-corrected chi connectivity index (χ1v) is 7.34. The molecule has 0 spiro atoms. The van der Waals surface area contributed by atoms with Crippen molar-refractivity contribution in [2.45, 2.75) is 39.0 Å². The van der Waals surface area contributed by atoms with Gasteiger partial charge in [0.25, 0.3) is 0 Å². The number of aromatic nitrogens is 2. The molecular formula is C14H25N5. The Morgan fingerprint density at radius 2 is 1.95 bits per heavy atom. The Kier molecular flexibility index (Phi) is 5.39. The van der Waals surface area contributed by atoms with Crippen molar-refractivity contribution in [3.63, 3.8) is 0 Å². The average molecular weight is 263 g/mol. The lowest BCUT2D eigenvalue weighted by molar-refractivity contribution is 0.726. The lowest BCUT2D eigenvalue weighted by Crippen LogP contribution is -2.25. The molecule has 2 heterocycles. The maximum absolute atomic E-state index is 5.51. The van der Waals surface area contributed by atoms with E-state index in [1.807, 2.05) is 6.92 Å². The quantitative estimate of drug-likeness (QED) is 0.795. The molecule has 1 aromatic heterocycles. The van der Waals surface area contributed by atoms with Gasteiger partial charge in [-0.15, -0.1) is 0 Å².